The van der Waals surface area contributed by atoms with E-state index in [2.05, 4.69) is 130 Å². The third kappa shape index (κ3) is 26.7. The van der Waals surface area contributed by atoms with Crippen LogP contribution in [0.15, 0.2) is 48.7 Å². The molecular weight excluding hydrogens is 933 g/mol. The minimum absolute atomic E-state index is 0.0550. The number of ether oxygens (including phenoxy) is 4. The van der Waals surface area contributed by atoms with E-state index in [9.17, 15) is 14.4 Å². The van der Waals surface area contributed by atoms with E-state index in [0.29, 0.717) is 31.9 Å². The van der Waals surface area contributed by atoms with Gasteiger partial charge in [0.1, 0.15) is 30.5 Å². The maximum absolute atomic E-state index is 13.0. The highest BCUT2D eigenvalue weighted by atomic mass is 16.5. The van der Waals surface area contributed by atoms with E-state index in [1.807, 2.05) is 86.4 Å². The summed E-state index contributed by atoms with van der Waals surface area (Å²) in [6.45, 7) is 28.7. The predicted octanol–water partition coefficient (Wildman–Crippen LogP) is 12.4. The highest BCUT2D eigenvalue weighted by molar-refractivity contribution is 6.07. The molecule has 0 saturated carbocycles. The summed E-state index contributed by atoms with van der Waals surface area (Å²) in [6.07, 6.45) is 29.5. The van der Waals surface area contributed by atoms with Crippen LogP contribution in [0.3, 0.4) is 0 Å². The maximum Gasteiger partial charge on any atom is 0.407 e. The summed E-state index contributed by atoms with van der Waals surface area (Å²) in [7, 11) is 7.77. The molecule has 2 aromatic heterocycles. The molecule has 1 aliphatic rings. The number of carbonyl (C=O) groups is 3. The molecule has 5 aromatic rings. The topological polar surface area (TPSA) is 190 Å². The van der Waals surface area contributed by atoms with Gasteiger partial charge < -0.3 is 49.8 Å². The Morgan fingerprint density at radius 3 is 1.85 bits per heavy atom. The van der Waals surface area contributed by atoms with Gasteiger partial charge in [-0.1, -0.05) is 108 Å². The molecule has 6 rings (SSSR count). The van der Waals surface area contributed by atoms with Crippen LogP contribution in [-0.4, -0.2) is 109 Å². The zero-order valence-corrected chi connectivity index (χ0v) is 48.7. The molecule has 0 aliphatic carbocycles. The Labute approximate surface area is 447 Å². The van der Waals surface area contributed by atoms with Crippen LogP contribution < -0.4 is 15.8 Å². The monoisotopic (exact) mass is 1030 g/mol. The van der Waals surface area contributed by atoms with E-state index in [1.54, 1.807) is 33.3 Å². The molecule has 0 bridgehead atoms. The summed E-state index contributed by atoms with van der Waals surface area (Å²) < 4.78 is 19.4. The van der Waals surface area contributed by atoms with Crippen LogP contribution in [0.4, 0.5) is 4.79 Å². The molecule has 0 fully saturated rings. The lowest BCUT2D eigenvalue weighted by atomic mass is 9.92. The van der Waals surface area contributed by atoms with Crippen molar-refractivity contribution in [1.29, 1.82) is 0 Å². The lowest BCUT2D eigenvalue weighted by Crippen LogP contribution is -2.44. The fraction of sp³-hybridized carbons (Fsp3) is 0.508. The van der Waals surface area contributed by atoms with Gasteiger partial charge in [0.05, 0.1) is 43.1 Å². The van der Waals surface area contributed by atoms with E-state index in [0.717, 1.165) is 87.1 Å². The van der Waals surface area contributed by atoms with Gasteiger partial charge >= 0.3 is 6.09 Å². The molecule has 0 unspecified atom stereocenters. The molecule has 15 nitrogen and oxygen atoms in total. The molecule has 1 atom stereocenters. The first kappa shape index (κ1) is 76.1. The van der Waals surface area contributed by atoms with Crippen molar-refractivity contribution in [3.8, 4) is 66.7 Å². The third-order valence-electron chi connectivity index (χ3n) is 9.32. The second kappa shape index (κ2) is 49.7. The van der Waals surface area contributed by atoms with Crippen molar-refractivity contribution in [2.45, 2.75) is 148 Å². The van der Waals surface area contributed by atoms with Crippen molar-refractivity contribution < 1.29 is 33.3 Å². The molecule has 414 valence electrons. The number of hydrogen-bond acceptors (Lipinski definition) is 10. The van der Waals surface area contributed by atoms with E-state index in [4.69, 9.17) is 15.5 Å². The lowest BCUT2D eigenvalue weighted by Gasteiger charge is -2.27. The number of aromatic nitrogens is 4. The molecule has 0 spiro atoms. The van der Waals surface area contributed by atoms with Gasteiger partial charge in [0, 0.05) is 58.4 Å². The number of nitrogens with zero attached hydrogens (tertiary/aromatic N) is 4. The minimum Gasteiger partial charge on any atom is -0.488 e. The first-order valence-corrected chi connectivity index (χ1v) is 25.5. The Kier molecular flexibility index (Phi) is 51.1. The maximum atomic E-state index is 13.0. The van der Waals surface area contributed by atoms with Crippen LogP contribution in [0.25, 0.3) is 44.2 Å². The molecule has 1 aliphatic heterocycles. The zero-order valence-electron chi connectivity index (χ0n) is 48.7. The number of carbonyl (C=O) groups excluding carboxylic acids is 3. The molecule has 3 aromatic carbocycles. The van der Waals surface area contributed by atoms with Crippen molar-refractivity contribution >= 4 is 39.7 Å². The van der Waals surface area contributed by atoms with Gasteiger partial charge in [-0.25, -0.2) is 14.8 Å². The first-order valence-electron chi connectivity index (χ1n) is 25.5. The molecule has 5 N–H and O–H groups in total. The van der Waals surface area contributed by atoms with Crippen LogP contribution in [0.1, 0.15) is 139 Å². The van der Waals surface area contributed by atoms with E-state index in [1.165, 1.54) is 13.5 Å². The van der Waals surface area contributed by atoms with Crippen LogP contribution in [-0.2, 0) is 43.5 Å². The Morgan fingerprint density at radius 1 is 0.770 bits per heavy atom. The minimum atomic E-state index is -0.648. The van der Waals surface area contributed by atoms with Crippen LogP contribution in [0, 0.1) is 38.5 Å². The lowest BCUT2D eigenvalue weighted by molar-refractivity contribution is -0.133. The van der Waals surface area contributed by atoms with Crippen molar-refractivity contribution in [3.05, 3.63) is 65.9 Å². The highest BCUT2D eigenvalue weighted by Crippen LogP contribution is 2.42. The number of rotatable bonds is 13. The smallest absolute Gasteiger partial charge is 0.407 e. The number of imidazole rings is 2. The van der Waals surface area contributed by atoms with Crippen LogP contribution in [0.5, 0.6) is 5.75 Å². The number of fused-ring (bicyclic) bond motifs is 6. The number of benzene rings is 3. The molecule has 3 heterocycles. The number of aromatic amines is 2. The molecule has 3 amide bonds. The van der Waals surface area contributed by atoms with Gasteiger partial charge in [-0.05, 0) is 79.1 Å². The average Bonchev–Trinajstić information content (AvgIpc) is 4.10. The predicted molar refractivity (Wildman–Crippen MR) is 313 cm³/mol. The van der Waals surface area contributed by atoms with Gasteiger partial charge in [0.2, 0.25) is 11.8 Å². The first-order chi connectivity index (χ1) is 35.9. The molecule has 0 saturated heterocycles. The van der Waals surface area contributed by atoms with Gasteiger partial charge in [0.15, 0.2) is 0 Å². The quantitative estimate of drug-likeness (QED) is 0.0826. The Hall–Kier alpha value is -6.83. The largest absolute Gasteiger partial charge is 0.488 e. The highest BCUT2D eigenvalue weighted by Gasteiger charge is 2.24. The summed E-state index contributed by atoms with van der Waals surface area (Å²) in [6, 6.07) is 14.6. The number of H-pyrrole nitrogens is 2. The fourth-order valence-corrected chi connectivity index (χ4v) is 6.48. The Balaban J connectivity index is -0.000000572. The average molecular weight is 1030 g/mol. The second-order valence-electron chi connectivity index (χ2n) is 14.7. The standard InChI is InChI=1S/C38H45N7O5.C3H8.C2H7N.2C2H6O.3C2H6.3C2H2/c1-6-9-35(46)44(14-7-2)20-33-39-18-31(42-33)25-10-12-27-26(15-25)22-50-32-17-28-24(16-29(27)32)11-13-30-37(28)43-34(41-30)21-45(23(4)8-3)36(47)19-40-38(48)49-5;1-3-2;1-2-3;2*1-3-2;6*1-2/h10-13,15-18,23H,6-9,14,19-22H2,1-5H3,(H,39,42)(H,40,48)(H,41,43);3H2,1-2H3;2-3H2,1H3;2*1-2H3;3*1-2H3;3*1-2H/t23-;;;;;;;;;;/m0........../s1. The third-order valence-corrected chi connectivity index (χ3v) is 9.32. The number of nitrogens with one attached hydrogen (secondary N) is 3. The SMILES string of the molecule is C#C.C#C.C#C.CC.CC.CC.CCC.CCCC(=O)N(CCC)Cc1ncc(-c2ccc3c(c2)COc2cc4c(ccc5[nH]c(CN(C(=O)CNC(=O)OC)[C@@H](C)CC)nc54)cc2-3)[nH]1.CCN.COC.COC. The fourth-order valence-electron chi connectivity index (χ4n) is 6.48. The van der Waals surface area contributed by atoms with Gasteiger partial charge in [-0.3, -0.25) is 9.59 Å². The number of alkyl carbamates (subject to hydrolysis) is 1. The Morgan fingerprint density at radius 2 is 1.34 bits per heavy atom. The number of terminal acetylenes is 3. The van der Waals surface area contributed by atoms with E-state index in [-0.39, 0.29) is 30.9 Å². The molecule has 15 heteroatoms. The summed E-state index contributed by atoms with van der Waals surface area (Å²) >= 11 is 0. The van der Waals surface area contributed by atoms with Crippen molar-refractivity contribution in [2.75, 3.05) is 55.2 Å². The number of hydrogen-bond donors (Lipinski definition) is 4. The van der Waals surface area contributed by atoms with Crippen LogP contribution in [0.2, 0.25) is 0 Å². The van der Waals surface area contributed by atoms with Crippen molar-refractivity contribution in [1.82, 2.24) is 35.1 Å². The van der Waals surface area contributed by atoms with Gasteiger partial charge in [0.25, 0.3) is 0 Å². The second-order valence-corrected chi connectivity index (χ2v) is 14.7. The molecular formula is C59H96N8O7. The zero-order chi connectivity index (χ0) is 58.2. The summed E-state index contributed by atoms with van der Waals surface area (Å²) in [5.41, 5.74) is 11.6. The summed E-state index contributed by atoms with van der Waals surface area (Å²) in [4.78, 5) is 57.1. The summed E-state index contributed by atoms with van der Waals surface area (Å²) in [5.74, 6) is 2.15. The normalized spacial score (nSPS) is 9.80. The van der Waals surface area contributed by atoms with E-state index >= 15 is 0 Å². The number of methoxy groups -OCH3 is 3. The van der Waals surface area contributed by atoms with Crippen LogP contribution >= 0.6 is 0 Å². The number of amides is 3. The van der Waals surface area contributed by atoms with Gasteiger partial charge in [-0.15, -0.1) is 38.5 Å². The van der Waals surface area contributed by atoms with Crippen molar-refractivity contribution in [3.63, 3.8) is 0 Å². The van der Waals surface area contributed by atoms with E-state index < -0.39 is 6.09 Å². The molecule has 74 heavy (non-hydrogen) atoms. The molecule has 0 radical (unpaired) electrons. The Bertz CT molecular complexity index is 2240. The summed E-state index contributed by atoms with van der Waals surface area (Å²) in [5, 5.41) is 4.46. The number of nitrogens with two attached hydrogens (primary N) is 1. The van der Waals surface area contributed by atoms with Gasteiger partial charge in [-0.2, -0.15) is 0 Å². The van der Waals surface area contributed by atoms with Crippen molar-refractivity contribution in [2.24, 2.45) is 5.73 Å².